The number of rotatable bonds is 6. The monoisotopic (exact) mass is 294 g/mol. The Morgan fingerprint density at radius 1 is 1.35 bits per heavy atom. The van der Waals surface area contributed by atoms with Gasteiger partial charge < -0.3 is 15.5 Å². The number of carbonyl (C=O) groups is 1. The van der Waals surface area contributed by atoms with E-state index in [9.17, 15) is 4.79 Å². The Bertz CT molecular complexity index is 500. The Kier molecular flexibility index (Phi) is 5.88. The molecule has 1 aromatic rings. The topological polar surface area (TPSA) is 62.5 Å². The van der Waals surface area contributed by atoms with Gasteiger partial charge in [-0.15, -0.1) is 0 Å². The lowest BCUT2D eigenvalue weighted by Crippen LogP contribution is -2.39. The fourth-order valence-corrected chi connectivity index (χ4v) is 2.07. The molecule has 0 saturated carbocycles. The second-order valence-electron chi connectivity index (χ2n) is 4.64. The summed E-state index contributed by atoms with van der Waals surface area (Å²) in [6.45, 7) is 7.53. The molecule has 0 radical (unpaired) electrons. The minimum absolute atomic E-state index is 0.0812. The molecule has 0 unspecified atom stereocenters. The third-order valence-corrected chi connectivity index (χ3v) is 3.34. The van der Waals surface area contributed by atoms with Gasteiger partial charge in [0.25, 0.3) is 0 Å². The van der Waals surface area contributed by atoms with Gasteiger partial charge in [0, 0.05) is 31.4 Å². The minimum atomic E-state index is 0.0812. The number of anilines is 1. The summed E-state index contributed by atoms with van der Waals surface area (Å²) >= 11 is 4.99. The van der Waals surface area contributed by atoms with Gasteiger partial charge in [0.2, 0.25) is 5.91 Å². The molecule has 0 aromatic carbocycles. The lowest BCUT2D eigenvalue weighted by atomic mass is 10.2. The molecule has 6 heteroatoms. The summed E-state index contributed by atoms with van der Waals surface area (Å²) in [7, 11) is 1.84. The standard InChI is InChI=1S/C14H22N4OS/c1-5-18(6-2)13(19)9-17(4)12-8-11(14(15)20)7-10(3)16-12/h7-8H,5-6,9H2,1-4H3,(H2,15,20). The molecule has 0 spiro atoms. The number of nitrogens with zero attached hydrogens (tertiary/aromatic N) is 3. The van der Waals surface area contributed by atoms with Crippen LogP contribution in [0.4, 0.5) is 5.82 Å². The zero-order chi connectivity index (χ0) is 15.3. The van der Waals surface area contributed by atoms with E-state index in [0.717, 1.165) is 11.3 Å². The summed E-state index contributed by atoms with van der Waals surface area (Å²) in [5.41, 5.74) is 7.25. The molecular formula is C14H22N4OS. The Balaban J connectivity index is 2.89. The van der Waals surface area contributed by atoms with Crippen LogP contribution >= 0.6 is 12.2 Å². The van der Waals surface area contributed by atoms with Crippen LogP contribution in [0.1, 0.15) is 25.1 Å². The van der Waals surface area contributed by atoms with E-state index in [1.165, 1.54) is 0 Å². The maximum atomic E-state index is 12.1. The molecule has 1 amide bonds. The maximum absolute atomic E-state index is 12.1. The summed E-state index contributed by atoms with van der Waals surface area (Å²) in [6.07, 6.45) is 0. The molecule has 20 heavy (non-hydrogen) atoms. The van der Waals surface area contributed by atoms with Crippen molar-refractivity contribution in [3.63, 3.8) is 0 Å². The van der Waals surface area contributed by atoms with Crippen molar-refractivity contribution in [3.05, 3.63) is 23.4 Å². The number of hydrogen-bond donors (Lipinski definition) is 1. The highest BCUT2D eigenvalue weighted by molar-refractivity contribution is 7.80. The molecule has 1 aromatic heterocycles. The largest absolute Gasteiger partial charge is 0.389 e. The van der Waals surface area contributed by atoms with Crippen LogP contribution in [0.25, 0.3) is 0 Å². The first-order valence-corrected chi connectivity index (χ1v) is 7.07. The van der Waals surface area contributed by atoms with Gasteiger partial charge >= 0.3 is 0 Å². The van der Waals surface area contributed by atoms with Crippen LogP contribution in [0.3, 0.4) is 0 Å². The number of carbonyl (C=O) groups excluding carboxylic acids is 1. The first kappa shape index (κ1) is 16.4. The molecule has 0 aliphatic rings. The molecule has 1 heterocycles. The second kappa shape index (κ2) is 7.19. The molecule has 0 saturated heterocycles. The third kappa shape index (κ3) is 4.16. The van der Waals surface area contributed by atoms with Crippen LogP contribution in [-0.4, -0.2) is 47.5 Å². The summed E-state index contributed by atoms with van der Waals surface area (Å²) in [5.74, 6) is 0.783. The summed E-state index contributed by atoms with van der Waals surface area (Å²) in [4.78, 5) is 20.5. The number of thiocarbonyl (C=S) groups is 1. The number of hydrogen-bond acceptors (Lipinski definition) is 4. The Morgan fingerprint density at radius 2 is 1.95 bits per heavy atom. The normalized spacial score (nSPS) is 10.2. The van der Waals surface area contributed by atoms with Gasteiger partial charge in [-0.2, -0.15) is 0 Å². The second-order valence-corrected chi connectivity index (χ2v) is 5.08. The average molecular weight is 294 g/mol. The van der Waals surface area contributed by atoms with Crippen molar-refractivity contribution in [1.82, 2.24) is 9.88 Å². The van der Waals surface area contributed by atoms with E-state index >= 15 is 0 Å². The molecule has 0 aliphatic heterocycles. The quantitative estimate of drug-likeness (QED) is 0.802. The van der Waals surface area contributed by atoms with Gasteiger partial charge in [-0.3, -0.25) is 4.79 Å². The number of amides is 1. The number of likely N-dealkylation sites (N-methyl/N-ethyl adjacent to an activating group) is 2. The van der Waals surface area contributed by atoms with Gasteiger partial charge in [0.05, 0.1) is 6.54 Å². The molecule has 2 N–H and O–H groups in total. The van der Waals surface area contributed by atoms with Crippen molar-refractivity contribution >= 4 is 28.9 Å². The van der Waals surface area contributed by atoms with Crippen molar-refractivity contribution in [2.24, 2.45) is 5.73 Å². The van der Waals surface area contributed by atoms with Crippen LogP contribution in [0, 0.1) is 6.92 Å². The highest BCUT2D eigenvalue weighted by Gasteiger charge is 2.14. The van der Waals surface area contributed by atoms with Crippen molar-refractivity contribution in [1.29, 1.82) is 0 Å². The van der Waals surface area contributed by atoms with Gasteiger partial charge in [0.15, 0.2) is 0 Å². The summed E-state index contributed by atoms with van der Waals surface area (Å²) < 4.78 is 0. The van der Waals surface area contributed by atoms with E-state index in [1.54, 1.807) is 4.90 Å². The molecule has 110 valence electrons. The highest BCUT2D eigenvalue weighted by Crippen LogP contribution is 2.14. The van der Waals surface area contributed by atoms with E-state index in [2.05, 4.69) is 4.98 Å². The SMILES string of the molecule is CCN(CC)C(=O)CN(C)c1cc(C(N)=S)cc(C)n1. The number of nitrogens with two attached hydrogens (primary N) is 1. The van der Waals surface area contributed by atoms with Gasteiger partial charge in [-0.25, -0.2) is 4.98 Å². The molecular weight excluding hydrogens is 272 g/mol. The maximum Gasteiger partial charge on any atom is 0.242 e. The first-order chi connectivity index (χ1) is 9.38. The van der Waals surface area contributed by atoms with E-state index < -0.39 is 0 Å². The van der Waals surface area contributed by atoms with E-state index in [0.29, 0.717) is 23.9 Å². The average Bonchev–Trinajstić information content (AvgIpc) is 2.39. The molecule has 0 atom stereocenters. The summed E-state index contributed by atoms with van der Waals surface area (Å²) in [5, 5.41) is 0. The van der Waals surface area contributed by atoms with Crippen molar-refractivity contribution in [2.75, 3.05) is 31.6 Å². The van der Waals surface area contributed by atoms with Gasteiger partial charge in [-0.05, 0) is 32.9 Å². The minimum Gasteiger partial charge on any atom is -0.389 e. The lowest BCUT2D eigenvalue weighted by Gasteiger charge is -2.24. The number of aromatic nitrogens is 1. The van der Waals surface area contributed by atoms with Gasteiger partial charge in [-0.1, -0.05) is 12.2 Å². The molecule has 0 bridgehead atoms. The van der Waals surface area contributed by atoms with Crippen molar-refractivity contribution in [3.8, 4) is 0 Å². The third-order valence-electron chi connectivity index (χ3n) is 3.10. The fourth-order valence-electron chi connectivity index (χ4n) is 1.95. The smallest absolute Gasteiger partial charge is 0.242 e. The zero-order valence-electron chi connectivity index (χ0n) is 12.5. The van der Waals surface area contributed by atoms with E-state index in [4.69, 9.17) is 18.0 Å². The number of aryl methyl sites for hydroxylation is 1. The predicted molar refractivity (Wildman–Crippen MR) is 86.1 cm³/mol. The van der Waals surface area contributed by atoms with Crippen LogP contribution in [0.15, 0.2) is 12.1 Å². The first-order valence-electron chi connectivity index (χ1n) is 6.66. The fraction of sp³-hybridized carbons (Fsp3) is 0.500. The molecule has 1 rings (SSSR count). The summed E-state index contributed by atoms with van der Waals surface area (Å²) in [6, 6.07) is 3.65. The van der Waals surface area contributed by atoms with Crippen molar-refractivity contribution in [2.45, 2.75) is 20.8 Å². The molecule has 0 fully saturated rings. The zero-order valence-corrected chi connectivity index (χ0v) is 13.3. The molecule has 0 aliphatic carbocycles. The van der Waals surface area contributed by atoms with E-state index in [1.807, 2.05) is 44.9 Å². The van der Waals surface area contributed by atoms with Crippen LogP contribution in [-0.2, 0) is 4.79 Å². The Labute approximate surface area is 125 Å². The Hall–Kier alpha value is -1.69. The molecule has 5 nitrogen and oxygen atoms in total. The van der Waals surface area contributed by atoms with Crippen LogP contribution < -0.4 is 10.6 Å². The number of pyridine rings is 1. The van der Waals surface area contributed by atoms with Crippen LogP contribution in [0.5, 0.6) is 0 Å². The Morgan fingerprint density at radius 3 is 2.45 bits per heavy atom. The van der Waals surface area contributed by atoms with Crippen LogP contribution in [0.2, 0.25) is 0 Å². The van der Waals surface area contributed by atoms with E-state index in [-0.39, 0.29) is 12.5 Å². The lowest BCUT2D eigenvalue weighted by molar-refractivity contribution is -0.129. The van der Waals surface area contributed by atoms with Crippen molar-refractivity contribution < 1.29 is 4.79 Å². The van der Waals surface area contributed by atoms with Gasteiger partial charge in [0.1, 0.15) is 10.8 Å². The predicted octanol–water partition coefficient (Wildman–Crippen LogP) is 1.33. The highest BCUT2D eigenvalue weighted by atomic mass is 32.1.